The van der Waals surface area contributed by atoms with E-state index >= 15 is 0 Å². The third-order valence-electron chi connectivity index (χ3n) is 5.66. The second-order valence-electron chi connectivity index (χ2n) is 8.12. The number of aryl methyl sites for hydroxylation is 1. The Morgan fingerprint density at radius 3 is 2.19 bits per heavy atom. The van der Waals surface area contributed by atoms with Crippen LogP contribution in [0.4, 0.5) is 17.1 Å². The molecule has 0 atom stereocenters. The first-order valence-corrected chi connectivity index (χ1v) is 12.0. The predicted molar refractivity (Wildman–Crippen MR) is 142 cm³/mol. The highest BCUT2D eigenvalue weighted by Crippen LogP contribution is 2.30. The largest absolute Gasteiger partial charge is 0.462 e. The average Bonchev–Trinajstić information content (AvgIpc) is 3.12. The Balaban J connectivity index is 1.50. The fourth-order valence-corrected chi connectivity index (χ4v) is 3.96. The third-order valence-corrected chi connectivity index (χ3v) is 6.01. The van der Waals surface area contributed by atoms with Crippen molar-refractivity contribution in [2.45, 2.75) is 20.3 Å². The molecule has 3 aromatic rings. The van der Waals surface area contributed by atoms with Gasteiger partial charge in [0.05, 0.1) is 17.9 Å². The zero-order valence-electron chi connectivity index (χ0n) is 20.2. The van der Waals surface area contributed by atoms with E-state index in [9.17, 15) is 19.2 Å². The number of imide groups is 1. The van der Waals surface area contributed by atoms with Gasteiger partial charge in [-0.1, -0.05) is 42.8 Å². The number of nitrogens with zero attached hydrogens (tertiary/aromatic N) is 1. The molecule has 9 heteroatoms. The number of nitrogens with one attached hydrogen (secondary N) is 2. The molecular formula is C28H24ClN3O5. The molecule has 0 aliphatic carbocycles. The summed E-state index contributed by atoms with van der Waals surface area (Å²) in [5.41, 5.74) is 2.82. The molecule has 188 valence electrons. The van der Waals surface area contributed by atoms with E-state index in [0.29, 0.717) is 22.6 Å². The Hall–Kier alpha value is -4.43. The smallest absolute Gasteiger partial charge is 0.338 e. The lowest BCUT2D eigenvalue weighted by molar-refractivity contribution is -0.120. The van der Waals surface area contributed by atoms with Gasteiger partial charge in [0.25, 0.3) is 17.7 Å². The Kier molecular flexibility index (Phi) is 7.69. The molecule has 0 unspecified atom stereocenters. The van der Waals surface area contributed by atoms with E-state index in [0.717, 1.165) is 16.9 Å². The fraction of sp³-hybridized carbons (Fsp3) is 0.143. The van der Waals surface area contributed by atoms with Gasteiger partial charge in [0, 0.05) is 16.9 Å². The number of benzene rings is 3. The first kappa shape index (κ1) is 25.7. The van der Waals surface area contributed by atoms with Gasteiger partial charge in [0.2, 0.25) is 0 Å². The van der Waals surface area contributed by atoms with Crippen molar-refractivity contribution in [3.05, 3.63) is 100 Å². The van der Waals surface area contributed by atoms with Crippen molar-refractivity contribution in [3.63, 3.8) is 0 Å². The molecule has 2 N–H and O–H groups in total. The van der Waals surface area contributed by atoms with Crippen LogP contribution in [-0.4, -0.2) is 30.3 Å². The predicted octanol–water partition coefficient (Wildman–Crippen LogP) is 5.11. The van der Waals surface area contributed by atoms with Crippen molar-refractivity contribution in [1.29, 1.82) is 0 Å². The van der Waals surface area contributed by atoms with Crippen LogP contribution in [0.1, 0.15) is 40.1 Å². The standard InChI is InChI=1S/C28H24ClN3O5/c1-3-17-11-13-22(14-12-17)32-26(34)23(29)24(27(32)35)30-20-9-5-7-18(15-20)25(33)31-21-10-6-8-19(16-21)28(36)37-4-2/h5-16,30H,3-4H2,1-2H3,(H,31,33). The highest BCUT2D eigenvalue weighted by Gasteiger charge is 2.39. The van der Waals surface area contributed by atoms with Crippen molar-refractivity contribution in [2.75, 3.05) is 22.1 Å². The van der Waals surface area contributed by atoms with E-state index in [1.807, 2.05) is 19.1 Å². The van der Waals surface area contributed by atoms with Crippen LogP contribution in [0.25, 0.3) is 0 Å². The lowest BCUT2D eigenvalue weighted by Crippen LogP contribution is -2.32. The summed E-state index contributed by atoms with van der Waals surface area (Å²) >= 11 is 6.24. The van der Waals surface area contributed by atoms with Crippen molar-refractivity contribution in [3.8, 4) is 0 Å². The van der Waals surface area contributed by atoms with Gasteiger partial charge in [-0.2, -0.15) is 0 Å². The quantitative estimate of drug-likeness (QED) is 0.317. The summed E-state index contributed by atoms with van der Waals surface area (Å²) in [7, 11) is 0. The Labute approximate surface area is 218 Å². The summed E-state index contributed by atoms with van der Waals surface area (Å²) in [4.78, 5) is 51.6. The number of anilines is 3. The normalized spacial score (nSPS) is 13.1. The summed E-state index contributed by atoms with van der Waals surface area (Å²) < 4.78 is 4.99. The average molecular weight is 518 g/mol. The zero-order valence-corrected chi connectivity index (χ0v) is 21.0. The SMILES string of the molecule is CCOC(=O)c1cccc(NC(=O)c2cccc(NC3=C(Cl)C(=O)N(c4ccc(CC)cc4)C3=O)c2)c1. The second-order valence-corrected chi connectivity index (χ2v) is 8.49. The van der Waals surface area contributed by atoms with E-state index in [1.165, 1.54) is 12.1 Å². The Bertz CT molecular complexity index is 1420. The highest BCUT2D eigenvalue weighted by molar-refractivity contribution is 6.53. The lowest BCUT2D eigenvalue weighted by Gasteiger charge is -2.15. The van der Waals surface area contributed by atoms with Crippen molar-refractivity contribution in [1.82, 2.24) is 0 Å². The minimum atomic E-state index is -0.631. The molecular weight excluding hydrogens is 494 g/mol. The van der Waals surface area contributed by atoms with E-state index < -0.39 is 23.7 Å². The molecule has 3 amide bonds. The summed E-state index contributed by atoms with van der Waals surface area (Å²) in [6.45, 7) is 3.97. The molecule has 0 aromatic heterocycles. The van der Waals surface area contributed by atoms with Crippen LogP contribution < -0.4 is 15.5 Å². The van der Waals surface area contributed by atoms with Gasteiger partial charge < -0.3 is 15.4 Å². The Morgan fingerprint density at radius 1 is 0.865 bits per heavy atom. The molecule has 1 heterocycles. The number of ether oxygens (including phenoxy) is 1. The molecule has 0 saturated carbocycles. The number of hydrogen-bond acceptors (Lipinski definition) is 6. The lowest BCUT2D eigenvalue weighted by atomic mass is 10.1. The molecule has 1 aliphatic heterocycles. The summed E-state index contributed by atoms with van der Waals surface area (Å²) in [5.74, 6) is -2.14. The molecule has 8 nitrogen and oxygen atoms in total. The van der Waals surface area contributed by atoms with Crippen LogP contribution in [0.15, 0.2) is 83.5 Å². The van der Waals surface area contributed by atoms with E-state index in [1.54, 1.807) is 55.5 Å². The number of amides is 3. The van der Waals surface area contributed by atoms with E-state index in [4.69, 9.17) is 16.3 Å². The maximum atomic E-state index is 13.1. The molecule has 37 heavy (non-hydrogen) atoms. The molecule has 1 aliphatic rings. The second kappa shape index (κ2) is 11.1. The first-order chi connectivity index (χ1) is 17.8. The van der Waals surface area contributed by atoms with Crippen LogP contribution in [0.2, 0.25) is 0 Å². The van der Waals surface area contributed by atoms with Gasteiger partial charge in [-0.15, -0.1) is 0 Å². The van der Waals surface area contributed by atoms with E-state index in [2.05, 4.69) is 10.6 Å². The molecule has 0 radical (unpaired) electrons. The highest BCUT2D eigenvalue weighted by atomic mass is 35.5. The van der Waals surface area contributed by atoms with Gasteiger partial charge in [0.15, 0.2) is 0 Å². The topological polar surface area (TPSA) is 105 Å². The number of carbonyl (C=O) groups excluding carboxylic acids is 4. The molecule has 0 saturated heterocycles. The summed E-state index contributed by atoms with van der Waals surface area (Å²) in [5, 5.41) is 5.38. The summed E-state index contributed by atoms with van der Waals surface area (Å²) in [6.07, 6.45) is 0.828. The molecule has 0 spiro atoms. The molecule has 3 aromatic carbocycles. The minimum Gasteiger partial charge on any atom is -0.462 e. The number of esters is 1. The van der Waals surface area contributed by atoms with Gasteiger partial charge in [-0.25, -0.2) is 9.69 Å². The zero-order chi connectivity index (χ0) is 26.5. The molecule has 0 fully saturated rings. The molecule has 4 rings (SSSR count). The van der Waals surface area contributed by atoms with Crippen LogP contribution in [-0.2, 0) is 20.7 Å². The minimum absolute atomic E-state index is 0.0778. The summed E-state index contributed by atoms with van der Waals surface area (Å²) in [6, 6.07) is 19.9. The maximum absolute atomic E-state index is 13.1. The first-order valence-electron chi connectivity index (χ1n) is 11.7. The van der Waals surface area contributed by atoms with Crippen molar-refractivity contribution >= 4 is 52.4 Å². The number of rotatable bonds is 8. The van der Waals surface area contributed by atoms with Crippen molar-refractivity contribution < 1.29 is 23.9 Å². The van der Waals surface area contributed by atoms with Crippen LogP contribution in [0.3, 0.4) is 0 Å². The van der Waals surface area contributed by atoms with Crippen LogP contribution in [0, 0.1) is 0 Å². The van der Waals surface area contributed by atoms with E-state index in [-0.39, 0.29) is 22.9 Å². The number of carbonyl (C=O) groups is 4. The number of halogens is 1. The van der Waals surface area contributed by atoms with Gasteiger partial charge in [-0.05, 0) is 67.4 Å². The van der Waals surface area contributed by atoms with Gasteiger partial charge in [-0.3, -0.25) is 14.4 Å². The fourth-order valence-electron chi connectivity index (χ4n) is 3.75. The van der Waals surface area contributed by atoms with Crippen LogP contribution >= 0.6 is 11.6 Å². The molecule has 0 bridgehead atoms. The van der Waals surface area contributed by atoms with Crippen molar-refractivity contribution in [2.24, 2.45) is 0 Å². The monoisotopic (exact) mass is 517 g/mol. The third kappa shape index (κ3) is 5.54. The van der Waals surface area contributed by atoms with Crippen LogP contribution in [0.5, 0.6) is 0 Å². The number of hydrogen-bond donors (Lipinski definition) is 2. The van der Waals surface area contributed by atoms with Gasteiger partial charge >= 0.3 is 5.97 Å². The van der Waals surface area contributed by atoms with Gasteiger partial charge in [0.1, 0.15) is 10.7 Å². The Morgan fingerprint density at radius 2 is 1.51 bits per heavy atom. The maximum Gasteiger partial charge on any atom is 0.338 e.